The van der Waals surface area contributed by atoms with Crippen LogP contribution >= 0.6 is 0 Å². The molecular weight excluding hydrogens is 354 g/mol. The molecule has 1 aliphatic heterocycles. The largest absolute Gasteiger partial charge is 0.385 e. The minimum Gasteiger partial charge on any atom is -0.385 e. The van der Waals surface area contributed by atoms with Crippen molar-refractivity contribution in [2.24, 2.45) is 0 Å². The molecule has 2 atom stereocenters. The fourth-order valence-electron chi connectivity index (χ4n) is 4.16. The van der Waals surface area contributed by atoms with Gasteiger partial charge in [0.25, 0.3) is 0 Å². The summed E-state index contributed by atoms with van der Waals surface area (Å²) in [5, 5.41) is 10.1. The molecule has 6 heteroatoms. The van der Waals surface area contributed by atoms with Crippen LogP contribution in [0.4, 0.5) is 0 Å². The molecule has 2 aromatic heterocycles. The average Bonchev–Trinajstić information content (AvgIpc) is 3.37. The molecule has 0 bridgehead atoms. The number of aliphatic hydroxyl groups excluding tert-OH is 1. The van der Waals surface area contributed by atoms with Crippen molar-refractivity contribution in [1.82, 2.24) is 14.1 Å². The van der Waals surface area contributed by atoms with Crippen LogP contribution in [0.5, 0.6) is 0 Å². The molecule has 1 N–H and O–H groups in total. The molecule has 0 spiro atoms. The third-order valence-corrected chi connectivity index (χ3v) is 5.64. The topological polar surface area (TPSA) is 69.3 Å². The van der Waals surface area contributed by atoms with Crippen LogP contribution in [0, 0.1) is 13.8 Å². The Morgan fingerprint density at radius 3 is 2.82 bits per heavy atom. The molecule has 1 saturated heterocycles. The van der Waals surface area contributed by atoms with E-state index in [1.54, 1.807) is 6.92 Å². The van der Waals surface area contributed by atoms with Gasteiger partial charge in [-0.1, -0.05) is 12.1 Å². The van der Waals surface area contributed by atoms with Crippen molar-refractivity contribution in [3.8, 4) is 0 Å². The number of rotatable bonds is 6. The highest BCUT2D eigenvalue weighted by atomic mass is 16.5. The first kappa shape index (κ1) is 18.9. The highest BCUT2D eigenvalue weighted by Crippen LogP contribution is 2.24. The molecule has 0 amide bonds. The zero-order valence-electron chi connectivity index (χ0n) is 16.7. The van der Waals surface area contributed by atoms with E-state index in [2.05, 4.69) is 9.55 Å². The van der Waals surface area contributed by atoms with Crippen LogP contribution in [0.1, 0.15) is 53.4 Å². The van der Waals surface area contributed by atoms with Crippen LogP contribution in [0.3, 0.4) is 0 Å². The number of aromatic nitrogens is 3. The zero-order chi connectivity index (χ0) is 19.8. The van der Waals surface area contributed by atoms with E-state index in [-0.39, 0.29) is 18.4 Å². The van der Waals surface area contributed by atoms with Gasteiger partial charge in [-0.15, -0.1) is 0 Å². The summed E-state index contributed by atoms with van der Waals surface area (Å²) in [5.74, 6) is 0.541. The van der Waals surface area contributed by atoms with Crippen molar-refractivity contribution in [1.29, 1.82) is 0 Å². The van der Waals surface area contributed by atoms with Crippen LogP contribution in [-0.4, -0.2) is 37.7 Å². The quantitative estimate of drug-likeness (QED) is 0.663. The molecule has 6 nitrogen and oxygen atoms in total. The van der Waals surface area contributed by atoms with E-state index in [0.29, 0.717) is 5.82 Å². The van der Waals surface area contributed by atoms with Gasteiger partial charge in [0.2, 0.25) is 0 Å². The molecule has 3 aromatic rings. The highest BCUT2D eigenvalue weighted by Gasteiger charge is 2.23. The first-order valence-corrected chi connectivity index (χ1v) is 9.90. The molecule has 1 aromatic carbocycles. The molecule has 148 valence electrons. The summed E-state index contributed by atoms with van der Waals surface area (Å²) in [5.41, 5.74) is 4.42. The van der Waals surface area contributed by atoms with E-state index in [1.165, 1.54) is 0 Å². The van der Waals surface area contributed by atoms with E-state index in [4.69, 9.17) is 4.74 Å². The van der Waals surface area contributed by atoms with E-state index < -0.39 is 6.10 Å². The molecule has 4 rings (SSSR count). The minimum absolute atomic E-state index is 0.0248. The molecule has 28 heavy (non-hydrogen) atoms. The summed E-state index contributed by atoms with van der Waals surface area (Å²) in [4.78, 5) is 17.7. The van der Waals surface area contributed by atoms with E-state index in [1.807, 2.05) is 48.7 Å². The third kappa shape index (κ3) is 3.38. The first-order valence-electron chi connectivity index (χ1n) is 9.90. The Morgan fingerprint density at radius 1 is 1.32 bits per heavy atom. The molecule has 0 radical (unpaired) electrons. The summed E-state index contributed by atoms with van der Waals surface area (Å²) in [6, 6.07) is 9.63. The van der Waals surface area contributed by atoms with Gasteiger partial charge in [0, 0.05) is 30.1 Å². The smallest absolute Gasteiger partial charge is 0.184 e. The number of nitrogens with zero attached hydrogens (tertiary/aromatic N) is 3. The fraction of sp³-hybridized carbons (Fsp3) is 0.455. The van der Waals surface area contributed by atoms with Crippen LogP contribution in [-0.2, 0) is 17.8 Å². The SMILES string of the molecule is Cc1cc(C(=O)Cn2c([C@H](C)O)nc3ccccc32)c(C)n1C[C@H]1CCCO1. The summed E-state index contributed by atoms with van der Waals surface area (Å²) in [6.45, 7) is 7.48. The highest BCUT2D eigenvalue weighted by molar-refractivity contribution is 5.98. The Hall–Kier alpha value is -2.44. The van der Waals surface area contributed by atoms with E-state index in [9.17, 15) is 9.90 Å². The monoisotopic (exact) mass is 381 g/mol. The van der Waals surface area contributed by atoms with E-state index in [0.717, 1.165) is 54.0 Å². The van der Waals surface area contributed by atoms with Crippen LogP contribution in [0.2, 0.25) is 0 Å². The number of hydrogen-bond donors (Lipinski definition) is 1. The van der Waals surface area contributed by atoms with Gasteiger partial charge in [-0.05, 0) is 51.8 Å². The Kier molecular flexibility index (Phi) is 5.08. The lowest BCUT2D eigenvalue weighted by atomic mass is 10.1. The maximum Gasteiger partial charge on any atom is 0.184 e. The molecule has 0 aliphatic carbocycles. The van der Waals surface area contributed by atoms with Gasteiger partial charge < -0.3 is 19.0 Å². The van der Waals surface area contributed by atoms with Crippen LogP contribution in [0.15, 0.2) is 30.3 Å². The Labute approximate surface area is 164 Å². The normalized spacial score (nSPS) is 18.1. The molecule has 0 saturated carbocycles. The minimum atomic E-state index is -0.743. The zero-order valence-corrected chi connectivity index (χ0v) is 16.7. The van der Waals surface area contributed by atoms with Gasteiger partial charge in [-0.2, -0.15) is 0 Å². The molecule has 3 heterocycles. The van der Waals surface area contributed by atoms with Gasteiger partial charge in [-0.25, -0.2) is 4.98 Å². The second-order valence-corrected chi connectivity index (χ2v) is 7.67. The average molecular weight is 381 g/mol. The third-order valence-electron chi connectivity index (χ3n) is 5.64. The van der Waals surface area contributed by atoms with Crippen molar-refractivity contribution < 1.29 is 14.6 Å². The summed E-state index contributed by atoms with van der Waals surface area (Å²) < 4.78 is 9.78. The molecular formula is C22H27N3O3. The van der Waals surface area contributed by atoms with Gasteiger partial charge in [-0.3, -0.25) is 4.79 Å². The van der Waals surface area contributed by atoms with Crippen molar-refractivity contribution in [3.63, 3.8) is 0 Å². The molecule has 1 aliphatic rings. The predicted octanol–water partition coefficient (Wildman–Crippen LogP) is 3.57. The van der Waals surface area contributed by atoms with Crippen molar-refractivity contribution in [3.05, 3.63) is 53.1 Å². The van der Waals surface area contributed by atoms with Crippen molar-refractivity contribution in [2.45, 2.75) is 58.9 Å². The number of imidazole rings is 1. The Bertz CT molecular complexity index is 1010. The predicted molar refractivity (Wildman–Crippen MR) is 108 cm³/mol. The standard InChI is InChI=1S/C22H27N3O3/c1-14-11-18(15(2)24(14)12-17-7-6-10-28-17)21(27)13-25-20-9-5-4-8-19(20)23-22(25)16(3)26/h4-5,8-9,11,16-17,26H,6-7,10,12-13H2,1-3H3/t16-,17+/m0/s1. The van der Waals surface area contributed by atoms with Crippen molar-refractivity contribution >= 4 is 16.8 Å². The lowest BCUT2D eigenvalue weighted by Crippen LogP contribution is -2.18. The second-order valence-electron chi connectivity index (χ2n) is 7.67. The maximum absolute atomic E-state index is 13.2. The number of para-hydroxylation sites is 2. The van der Waals surface area contributed by atoms with Crippen LogP contribution < -0.4 is 0 Å². The van der Waals surface area contributed by atoms with Gasteiger partial charge in [0.15, 0.2) is 5.78 Å². The number of benzene rings is 1. The van der Waals surface area contributed by atoms with E-state index >= 15 is 0 Å². The summed E-state index contributed by atoms with van der Waals surface area (Å²) in [7, 11) is 0. The maximum atomic E-state index is 13.2. The van der Waals surface area contributed by atoms with Crippen molar-refractivity contribution in [2.75, 3.05) is 6.61 Å². The fourth-order valence-corrected chi connectivity index (χ4v) is 4.16. The number of aryl methyl sites for hydroxylation is 1. The lowest BCUT2D eigenvalue weighted by Gasteiger charge is -2.15. The molecule has 1 fully saturated rings. The van der Waals surface area contributed by atoms with Crippen LogP contribution in [0.25, 0.3) is 11.0 Å². The number of carbonyl (C=O) groups is 1. The number of hydrogen-bond acceptors (Lipinski definition) is 4. The second kappa shape index (κ2) is 7.53. The Balaban J connectivity index is 1.64. The number of ether oxygens (including phenoxy) is 1. The lowest BCUT2D eigenvalue weighted by molar-refractivity contribution is 0.0946. The van der Waals surface area contributed by atoms with Gasteiger partial charge in [0.1, 0.15) is 11.9 Å². The Morgan fingerprint density at radius 2 is 2.11 bits per heavy atom. The number of aliphatic hydroxyl groups is 1. The van der Waals surface area contributed by atoms with Gasteiger partial charge in [0.05, 0.1) is 23.7 Å². The first-order chi connectivity index (χ1) is 13.5. The van der Waals surface area contributed by atoms with Gasteiger partial charge >= 0.3 is 0 Å². The number of carbonyl (C=O) groups excluding carboxylic acids is 1. The summed E-state index contributed by atoms with van der Waals surface area (Å²) in [6.07, 6.45) is 1.66. The molecule has 0 unspecified atom stereocenters. The number of fused-ring (bicyclic) bond motifs is 1. The number of ketones is 1. The summed E-state index contributed by atoms with van der Waals surface area (Å²) >= 11 is 0. The number of Topliss-reactive ketones (excluding diaryl/α,β-unsaturated/α-hetero) is 1.